The van der Waals surface area contributed by atoms with Crippen molar-refractivity contribution >= 4 is 11.6 Å². The summed E-state index contributed by atoms with van der Waals surface area (Å²) in [5.41, 5.74) is -1.79. The fraction of sp³-hybridized carbons (Fsp3) is 0.286. The summed E-state index contributed by atoms with van der Waals surface area (Å²) in [5, 5.41) is 7.70. The average Bonchev–Trinajstić information content (AvgIpc) is 2.06. The molecule has 0 bridgehead atoms. The third-order valence-electron chi connectivity index (χ3n) is 1.42. The van der Waals surface area contributed by atoms with Gasteiger partial charge in [0.15, 0.2) is 16.6 Å². The van der Waals surface area contributed by atoms with Crippen molar-refractivity contribution in [2.75, 3.05) is 0 Å². The Kier molecular flexibility index (Phi) is 3.33. The van der Waals surface area contributed by atoms with Gasteiger partial charge >= 0.3 is 12.5 Å². The van der Waals surface area contributed by atoms with Gasteiger partial charge in [-0.2, -0.15) is 13.2 Å². The smallest absolute Gasteiger partial charge is 0.506 e. The summed E-state index contributed by atoms with van der Waals surface area (Å²) in [7, 11) is 0. The minimum absolute atomic E-state index is 0.0889. The maximum Gasteiger partial charge on any atom is 0.573 e. The fourth-order valence-corrected chi connectivity index (χ4v) is 1.05. The summed E-state index contributed by atoms with van der Waals surface area (Å²) in [4.78, 5) is 2.59. The molecule has 1 heterocycles. The topological polar surface area (TPSA) is 42.4 Å². The molecule has 96 valence electrons. The molecule has 17 heavy (non-hydrogen) atoms. The first-order valence-electron chi connectivity index (χ1n) is 3.73. The molecule has 0 saturated carbocycles. The second-order valence-electron chi connectivity index (χ2n) is 2.69. The Labute approximate surface area is 94.6 Å². The molecule has 0 atom stereocenters. The first-order chi connectivity index (χ1) is 7.50. The third kappa shape index (κ3) is 3.55. The van der Waals surface area contributed by atoms with Crippen molar-refractivity contribution in [2.24, 2.45) is 0 Å². The van der Waals surface area contributed by atoms with Crippen LogP contribution in [0.2, 0.25) is 5.15 Å². The van der Waals surface area contributed by atoms with Crippen LogP contribution in [0.5, 0.6) is 11.5 Å². The number of aromatic hydroxyl groups is 1. The summed E-state index contributed by atoms with van der Waals surface area (Å²) >= 11 is 5.07. The van der Waals surface area contributed by atoms with Crippen LogP contribution in [0.15, 0.2) is 6.07 Å². The van der Waals surface area contributed by atoms with Crippen LogP contribution in [0.3, 0.4) is 0 Å². The molecule has 0 unspecified atom stereocenters. The molecule has 1 N–H and O–H groups in total. The Hall–Kier alpha value is -1.38. The Morgan fingerprint density at radius 3 is 2.12 bits per heavy atom. The second kappa shape index (κ2) is 4.13. The molecule has 1 aromatic rings. The number of alkyl halides is 6. The summed E-state index contributed by atoms with van der Waals surface area (Å²) in [6.07, 6.45) is -10.2. The van der Waals surface area contributed by atoms with E-state index in [1.54, 1.807) is 0 Å². The van der Waals surface area contributed by atoms with Gasteiger partial charge in [0.05, 0.1) is 0 Å². The zero-order valence-corrected chi connectivity index (χ0v) is 8.28. The molecule has 0 aliphatic carbocycles. The van der Waals surface area contributed by atoms with Crippen LogP contribution in [0.4, 0.5) is 26.3 Å². The van der Waals surface area contributed by atoms with Crippen LogP contribution in [0.1, 0.15) is 5.69 Å². The monoisotopic (exact) mass is 281 g/mol. The van der Waals surface area contributed by atoms with Gasteiger partial charge in [0.2, 0.25) is 0 Å². The van der Waals surface area contributed by atoms with Crippen LogP contribution in [0.25, 0.3) is 0 Å². The van der Waals surface area contributed by atoms with Crippen LogP contribution >= 0.6 is 11.6 Å². The van der Waals surface area contributed by atoms with Crippen molar-refractivity contribution in [3.63, 3.8) is 0 Å². The lowest BCUT2D eigenvalue weighted by Gasteiger charge is -2.13. The highest BCUT2D eigenvalue weighted by molar-refractivity contribution is 6.30. The molecular formula is C7H2ClF6NO2. The zero-order valence-electron chi connectivity index (χ0n) is 7.53. The van der Waals surface area contributed by atoms with E-state index < -0.39 is 34.9 Å². The lowest BCUT2D eigenvalue weighted by molar-refractivity contribution is -0.274. The van der Waals surface area contributed by atoms with Crippen molar-refractivity contribution in [3.05, 3.63) is 16.9 Å². The molecule has 0 aliphatic heterocycles. The number of halogens is 7. The molecule has 3 nitrogen and oxygen atoms in total. The van der Waals surface area contributed by atoms with Gasteiger partial charge in [-0.15, -0.1) is 13.2 Å². The van der Waals surface area contributed by atoms with E-state index in [0.29, 0.717) is 0 Å². The van der Waals surface area contributed by atoms with Gasteiger partial charge in [-0.25, -0.2) is 4.98 Å². The highest BCUT2D eigenvalue weighted by atomic mass is 35.5. The minimum Gasteiger partial charge on any atom is -0.506 e. The van der Waals surface area contributed by atoms with E-state index in [1.165, 1.54) is 0 Å². The van der Waals surface area contributed by atoms with Crippen LogP contribution < -0.4 is 4.74 Å². The van der Waals surface area contributed by atoms with Crippen molar-refractivity contribution in [2.45, 2.75) is 12.5 Å². The fourth-order valence-electron chi connectivity index (χ4n) is 0.867. The van der Waals surface area contributed by atoms with Gasteiger partial charge in [0, 0.05) is 6.07 Å². The SMILES string of the molecule is Oc1cc(OC(F)(F)F)c(Cl)nc1C(F)(F)F. The molecule has 0 aliphatic rings. The van der Waals surface area contributed by atoms with Gasteiger partial charge in [-0.05, 0) is 0 Å². The van der Waals surface area contributed by atoms with Crippen LogP contribution in [-0.4, -0.2) is 16.5 Å². The van der Waals surface area contributed by atoms with E-state index in [9.17, 15) is 26.3 Å². The van der Waals surface area contributed by atoms with Gasteiger partial charge in [0.25, 0.3) is 0 Å². The summed E-state index contributed by atoms with van der Waals surface area (Å²) < 4.78 is 75.0. The first-order valence-corrected chi connectivity index (χ1v) is 4.11. The normalized spacial score (nSPS) is 12.6. The number of pyridine rings is 1. The molecule has 1 aromatic heterocycles. The predicted molar refractivity (Wildman–Crippen MR) is 42.6 cm³/mol. The summed E-state index contributed by atoms with van der Waals surface area (Å²) in [6.45, 7) is 0. The molecule has 0 spiro atoms. The number of aromatic nitrogens is 1. The van der Waals surface area contributed by atoms with Crippen molar-refractivity contribution < 1.29 is 36.2 Å². The predicted octanol–water partition coefficient (Wildman–Crippen LogP) is 3.36. The highest BCUT2D eigenvalue weighted by Crippen LogP contribution is 2.39. The molecule has 0 amide bonds. The minimum atomic E-state index is -5.16. The Morgan fingerprint density at radius 2 is 1.71 bits per heavy atom. The number of nitrogens with zero attached hydrogens (tertiary/aromatic N) is 1. The lowest BCUT2D eigenvalue weighted by Crippen LogP contribution is -2.18. The summed E-state index contributed by atoms with van der Waals surface area (Å²) in [6, 6.07) is 0.0889. The van der Waals surface area contributed by atoms with Gasteiger partial charge in [-0.3, -0.25) is 0 Å². The quantitative estimate of drug-likeness (QED) is 0.634. The van der Waals surface area contributed by atoms with E-state index in [1.807, 2.05) is 0 Å². The first kappa shape index (κ1) is 13.7. The highest BCUT2D eigenvalue weighted by Gasteiger charge is 2.38. The van der Waals surface area contributed by atoms with Gasteiger partial charge in [0.1, 0.15) is 5.75 Å². The Morgan fingerprint density at radius 1 is 1.18 bits per heavy atom. The molecule has 0 fully saturated rings. The molecule has 0 saturated heterocycles. The second-order valence-corrected chi connectivity index (χ2v) is 3.05. The van der Waals surface area contributed by atoms with E-state index in [0.717, 1.165) is 0 Å². The van der Waals surface area contributed by atoms with E-state index in [4.69, 9.17) is 16.7 Å². The number of hydrogen-bond donors (Lipinski definition) is 1. The van der Waals surface area contributed by atoms with E-state index in [2.05, 4.69) is 9.72 Å². The lowest BCUT2D eigenvalue weighted by atomic mass is 10.3. The van der Waals surface area contributed by atoms with Gasteiger partial charge in [-0.1, -0.05) is 11.6 Å². The molecule has 1 rings (SSSR count). The standard InChI is InChI=1S/C7H2ClF6NO2/c8-5-3(17-7(12,13)14)1-2(16)4(15-5)6(9,10)11/h1,16H. The Balaban J connectivity index is 3.19. The number of rotatable bonds is 1. The van der Waals surface area contributed by atoms with Crippen LogP contribution in [0, 0.1) is 0 Å². The van der Waals surface area contributed by atoms with E-state index >= 15 is 0 Å². The number of hydrogen-bond acceptors (Lipinski definition) is 3. The van der Waals surface area contributed by atoms with Crippen molar-refractivity contribution in [1.29, 1.82) is 0 Å². The largest absolute Gasteiger partial charge is 0.573 e. The van der Waals surface area contributed by atoms with Crippen molar-refractivity contribution in [1.82, 2.24) is 4.98 Å². The molecule has 0 radical (unpaired) electrons. The third-order valence-corrected chi connectivity index (χ3v) is 1.69. The van der Waals surface area contributed by atoms with E-state index in [-0.39, 0.29) is 6.07 Å². The molecular weight excluding hydrogens is 280 g/mol. The molecule has 0 aromatic carbocycles. The maximum absolute atomic E-state index is 12.2. The summed E-state index contributed by atoms with van der Waals surface area (Å²) in [5.74, 6) is -2.73. The Bertz CT molecular complexity index is 430. The molecule has 10 heteroatoms. The van der Waals surface area contributed by atoms with Crippen molar-refractivity contribution in [3.8, 4) is 11.5 Å². The van der Waals surface area contributed by atoms with Gasteiger partial charge < -0.3 is 9.84 Å². The van der Waals surface area contributed by atoms with Crippen LogP contribution in [-0.2, 0) is 6.18 Å². The maximum atomic E-state index is 12.2. The average molecular weight is 282 g/mol. The zero-order chi connectivity index (χ0) is 13.4. The number of ether oxygens (including phenoxy) is 1.